The first-order valence-electron chi connectivity index (χ1n) is 8.55. The summed E-state index contributed by atoms with van der Waals surface area (Å²) in [6.45, 7) is 4.38. The first-order valence-corrected chi connectivity index (χ1v) is 8.55. The van der Waals surface area contributed by atoms with E-state index in [9.17, 15) is 9.18 Å². The van der Waals surface area contributed by atoms with Crippen LogP contribution in [0, 0.1) is 11.7 Å². The number of halogens is 1. The summed E-state index contributed by atoms with van der Waals surface area (Å²) in [7, 11) is 2.06. The van der Waals surface area contributed by atoms with Gasteiger partial charge in [0.25, 0.3) is 0 Å². The Kier molecular flexibility index (Phi) is 3.65. The van der Waals surface area contributed by atoms with Crippen molar-refractivity contribution in [2.75, 3.05) is 44.7 Å². The molecule has 0 radical (unpaired) electrons. The molecule has 1 amide bonds. The zero-order valence-electron chi connectivity index (χ0n) is 13.7. The van der Waals surface area contributed by atoms with Gasteiger partial charge in [0.2, 0.25) is 5.91 Å². The average Bonchev–Trinajstić information content (AvgIpc) is 3.23. The number of carbonyl (C=O) groups excluding carboxylic acids is 1. The SMILES string of the molecule is CN1CC(=O)N(c2cccc(F)c2)C[C@@]12CCN(CC1CC1)C2. The molecule has 0 bridgehead atoms. The molecule has 1 saturated carbocycles. The summed E-state index contributed by atoms with van der Waals surface area (Å²) < 4.78 is 13.6. The second-order valence-electron chi connectivity index (χ2n) is 7.47. The number of amides is 1. The highest BCUT2D eigenvalue weighted by Gasteiger charge is 2.48. The zero-order chi connectivity index (χ0) is 16.0. The highest BCUT2D eigenvalue weighted by atomic mass is 19.1. The summed E-state index contributed by atoms with van der Waals surface area (Å²) in [5, 5.41) is 0. The largest absolute Gasteiger partial charge is 0.309 e. The fourth-order valence-corrected chi connectivity index (χ4v) is 4.04. The molecule has 2 heterocycles. The summed E-state index contributed by atoms with van der Waals surface area (Å²) >= 11 is 0. The van der Waals surface area contributed by atoms with Crippen molar-refractivity contribution in [1.29, 1.82) is 0 Å². The number of likely N-dealkylation sites (N-methyl/N-ethyl adjacent to an activating group) is 1. The molecule has 1 atom stereocenters. The van der Waals surface area contributed by atoms with Crippen LogP contribution in [0.2, 0.25) is 0 Å². The van der Waals surface area contributed by atoms with Gasteiger partial charge in [-0.3, -0.25) is 9.69 Å². The molecule has 0 unspecified atom stereocenters. The van der Waals surface area contributed by atoms with Gasteiger partial charge in [-0.1, -0.05) is 6.07 Å². The van der Waals surface area contributed by atoms with Crippen LogP contribution in [0.1, 0.15) is 19.3 Å². The number of anilines is 1. The van der Waals surface area contributed by atoms with Gasteiger partial charge >= 0.3 is 0 Å². The van der Waals surface area contributed by atoms with E-state index in [-0.39, 0.29) is 17.3 Å². The molecule has 124 valence electrons. The first-order chi connectivity index (χ1) is 11.1. The Balaban J connectivity index is 1.54. The standard InChI is InChI=1S/C18H24FN3O/c1-20-11-17(23)22(16-4-2-3-15(19)9-16)13-18(20)7-8-21(12-18)10-14-5-6-14/h2-4,9,14H,5-8,10-13H2,1H3/t18-/m0/s1. The van der Waals surface area contributed by atoms with Gasteiger partial charge in [-0.05, 0) is 50.4 Å². The molecule has 3 aliphatic rings. The van der Waals surface area contributed by atoms with Crippen molar-refractivity contribution >= 4 is 11.6 Å². The van der Waals surface area contributed by atoms with E-state index in [0.717, 1.165) is 25.4 Å². The molecule has 1 spiro atoms. The molecule has 1 aliphatic carbocycles. The van der Waals surface area contributed by atoms with E-state index in [1.54, 1.807) is 11.0 Å². The first kappa shape index (κ1) is 15.1. The van der Waals surface area contributed by atoms with E-state index in [1.807, 2.05) is 6.07 Å². The van der Waals surface area contributed by atoms with Gasteiger partial charge in [-0.15, -0.1) is 0 Å². The number of nitrogens with zero attached hydrogens (tertiary/aromatic N) is 3. The van der Waals surface area contributed by atoms with E-state index in [0.29, 0.717) is 18.8 Å². The fourth-order valence-electron chi connectivity index (χ4n) is 4.04. The number of benzene rings is 1. The van der Waals surface area contributed by atoms with Gasteiger partial charge in [0.05, 0.1) is 12.1 Å². The van der Waals surface area contributed by atoms with Gasteiger partial charge in [0.15, 0.2) is 0 Å². The van der Waals surface area contributed by atoms with Gasteiger partial charge < -0.3 is 9.80 Å². The van der Waals surface area contributed by atoms with Crippen LogP contribution >= 0.6 is 0 Å². The van der Waals surface area contributed by atoms with Crippen molar-refractivity contribution in [3.8, 4) is 0 Å². The molecule has 5 heteroatoms. The average molecular weight is 317 g/mol. The second-order valence-corrected chi connectivity index (χ2v) is 7.47. The quantitative estimate of drug-likeness (QED) is 0.853. The molecular weight excluding hydrogens is 293 g/mol. The summed E-state index contributed by atoms with van der Waals surface area (Å²) in [6, 6.07) is 6.40. The van der Waals surface area contributed by atoms with Gasteiger partial charge in [0.1, 0.15) is 5.82 Å². The van der Waals surface area contributed by atoms with E-state index < -0.39 is 0 Å². The highest BCUT2D eigenvalue weighted by Crippen LogP contribution is 2.36. The maximum atomic E-state index is 13.6. The molecule has 0 aromatic heterocycles. The Bertz CT molecular complexity index is 618. The third-order valence-corrected chi connectivity index (χ3v) is 5.68. The zero-order valence-corrected chi connectivity index (χ0v) is 13.7. The summed E-state index contributed by atoms with van der Waals surface area (Å²) in [4.78, 5) is 19.0. The lowest BCUT2D eigenvalue weighted by Crippen LogP contribution is -2.64. The van der Waals surface area contributed by atoms with Crippen molar-refractivity contribution in [3.63, 3.8) is 0 Å². The predicted molar refractivity (Wildman–Crippen MR) is 87.9 cm³/mol. The molecule has 4 rings (SSSR count). The number of rotatable bonds is 3. The molecule has 23 heavy (non-hydrogen) atoms. The molecule has 2 aliphatic heterocycles. The highest BCUT2D eigenvalue weighted by molar-refractivity contribution is 5.96. The topological polar surface area (TPSA) is 26.8 Å². The molecular formula is C18H24FN3O. The minimum Gasteiger partial charge on any atom is -0.309 e. The van der Waals surface area contributed by atoms with Crippen LogP contribution in [-0.4, -0.2) is 61.0 Å². The predicted octanol–water partition coefficient (Wildman–Crippen LogP) is 1.96. The number of hydrogen-bond donors (Lipinski definition) is 0. The van der Waals surface area contributed by atoms with Crippen LogP contribution in [0.4, 0.5) is 10.1 Å². The molecule has 1 aromatic carbocycles. The van der Waals surface area contributed by atoms with Gasteiger partial charge in [-0.25, -0.2) is 4.39 Å². The summed E-state index contributed by atoms with van der Waals surface area (Å²) in [5.41, 5.74) is 0.692. The van der Waals surface area contributed by atoms with Crippen LogP contribution in [0.15, 0.2) is 24.3 Å². The van der Waals surface area contributed by atoms with Crippen LogP contribution in [-0.2, 0) is 4.79 Å². The van der Waals surface area contributed by atoms with E-state index in [4.69, 9.17) is 0 Å². The molecule has 3 fully saturated rings. The lowest BCUT2D eigenvalue weighted by molar-refractivity contribution is -0.123. The smallest absolute Gasteiger partial charge is 0.241 e. The summed E-state index contributed by atoms with van der Waals surface area (Å²) in [6.07, 6.45) is 3.82. The number of hydrogen-bond acceptors (Lipinski definition) is 3. The van der Waals surface area contributed by atoms with E-state index in [2.05, 4.69) is 16.8 Å². The Morgan fingerprint density at radius 2 is 2.13 bits per heavy atom. The van der Waals surface area contributed by atoms with Crippen LogP contribution in [0.5, 0.6) is 0 Å². The Morgan fingerprint density at radius 3 is 2.87 bits per heavy atom. The van der Waals surface area contributed by atoms with Crippen LogP contribution in [0.3, 0.4) is 0 Å². The monoisotopic (exact) mass is 317 g/mol. The summed E-state index contributed by atoms with van der Waals surface area (Å²) in [5.74, 6) is 0.662. The fraction of sp³-hybridized carbons (Fsp3) is 0.611. The van der Waals surface area contributed by atoms with Crippen molar-refractivity contribution in [2.24, 2.45) is 5.92 Å². The molecule has 0 N–H and O–H groups in total. The Labute approximate surface area is 136 Å². The molecule has 4 nitrogen and oxygen atoms in total. The van der Waals surface area contributed by atoms with E-state index >= 15 is 0 Å². The maximum absolute atomic E-state index is 13.6. The minimum atomic E-state index is -0.287. The molecule has 1 aromatic rings. The number of likely N-dealkylation sites (tertiary alicyclic amines) is 1. The van der Waals surface area contributed by atoms with E-state index in [1.165, 1.54) is 31.5 Å². The third kappa shape index (κ3) is 2.88. The van der Waals surface area contributed by atoms with Crippen molar-refractivity contribution in [2.45, 2.75) is 24.8 Å². The minimum absolute atomic E-state index is 0.00905. The van der Waals surface area contributed by atoms with Crippen LogP contribution < -0.4 is 4.90 Å². The Morgan fingerprint density at radius 1 is 1.30 bits per heavy atom. The van der Waals surface area contributed by atoms with Crippen molar-refractivity contribution < 1.29 is 9.18 Å². The lowest BCUT2D eigenvalue weighted by Gasteiger charge is -2.47. The molecule has 2 saturated heterocycles. The normalized spacial score (nSPS) is 29.7. The van der Waals surface area contributed by atoms with Crippen molar-refractivity contribution in [1.82, 2.24) is 9.80 Å². The van der Waals surface area contributed by atoms with Gasteiger partial charge in [0, 0.05) is 31.9 Å². The number of piperazine rings is 1. The maximum Gasteiger partial charge on any atom is 0.241 e. The number of carbonyl (C=O) groups is 1. The Hall–Kier alpha value is -1.46. The lowest BCUT2D eigenvalue weighted by atomic mass is 9.92. The second kappa shape index (κ2) is 5.56. The van der Waals surface area contributed by atoms with Gasteiger partial charge in [-0.2, -0.15) is 0 Å². The third-order valence-electron chi connectivity index (χ3n) is 5.68. The van der Waals surface area contributed by atoms with Crippen LogP contribution in [0.25, 0.3) is 0 Å². The van der Waals surface area contributed by atoms with Crippen molar-refractivity contribution in [3.05, 3.63) is 30.1 Å².